The highest BCUT2D eigenvalue weighted by molar-refractivity contribution is 5.90. The number of carbonyl (C=O) groups is 1. The standard InChI is InChI=1S/C11H15NO2/c1-11(2,3)8(7-10(13)14)9-5-4-6-12-9/h4-7,12H,1-3H3,(H,13,14)/b8-7+. The lowest BCUT2D eigenvalue weighted by Crippen LogP contribution is -2.10. The molecule has 0 amide bonds. The minimum absolute atomic E-state index is 0.177. The lowest BCUT2D eigenvalue weighted by atomic mass is 9.84. The number of H-pyrrole nitrogens is 1. The molecule has 0 aliphatic rings. The van der Waals surface area contributed by atoms with Crippen LogP contribution in [0.4, 0.5) is 0 Å². The molecule has 1 aromatic rings. The van der Waals surface area contributed by atoms with E-state index in [1.165, 1.54) is 6.08 Å². The average molecular weight is 193 g/mol. The van der Waals surface area contributed by atoms with E-state index in [2.05, 4.69) is 4.98 Å². The molecule has 2 N–H and O–H groups in total. The van der Waals surface area contributed by atoms with Crippen molar-refractivity contribution in [2.24, 2.45) is 5.41 Å². The van der Waals surface area contributed by atoms with Gasteiger partial charge in [-0.2, -0.15) is 0 Å². The van der Waals surface area contributed by atoms with Crippen LogP contribution < -0.4 is 0 Å². The molecule has 0 bridgehead atoms. The van der Waals surface area contributed by atoms with Crippen molar-refractivity contribution in [3.05, 3.63) is 30.1 Å². The Morgan fingerprint density at radius 3 is 2.50 bits per heavy atom. The first-order valence-corrected chi connectivity index (χ1v) is 4.50. The van der Waals surface area contributed by atoms with Gasteiger partial charge in [-0.25, -0.2) is 4.79 Å². The molecule has 0 atom stereocenters. The van der Waals surface area contributed by atoms with Crippen LogP contribution in [0.25, 0.3) is 5.57 Å². The summed E-state index contributed by atoms with van der Waals surface area (Å²) >= 11 is 0. The zero-order valence-corrected chi connectivity index (χ0v) is 8.66. The lowest BCUT2D eigenvalue weighted by molar-refractivity contribution is -0.131. The fraction of sp³-hybridized carbons (Fsp3) is 0.364. The van der Waals surface area contributed by atoms with Crippen LogP contribution in [0.1, 0.15) is 26.5 Å². The minimum atomic E-state index is -0.912. The Balaban J connectivity index is 3.14. The summed E-state index contributed by atoms with van der Waals surface area (Å²) in [5.74, 6) is -0.912. The number of aliphatic carboxylic acids is 1. The summed E-state index contributed by atoms with van der Waals surface area (Å²) in [4.78, 5) is 13.7. The Kier molecular flexibility index (Phi) is 2.79. The Labute approximate surface area is 83.5 Å². The third-order valence-corrected chi connectivity index (χ3v) is 1.96. The number of allylic oxidation sites excluding steroid dienone is 1. The van der Waals surface area contributed by atoms with E-state index < -0.39 is 5.97 Å². The van der Waals surface area contributed by atoms with Crippen molar-refractivity contribution in [1.82, 2.24) is 4.98 Å². The van der Waals surface area contributed by atoms with Gasteiger partial charge in [0.15, 0.2) is 0 Å². The van der Waals surface area contributed by atoms with Gasteiger partial charge in [-0.1, -0.05) is 20.8 Å². The quantitative estimate of drug-likeness (QED) is 0.709. The average Bonchev–Trinajstić information content (AvgIpc) is 2.49. The SMILES string of the molecule is CC(C)(C)/C(=C/C(=O)O)c1ccc[nH]1. The molecule has 3 nitrogen and oxygen atoms in total. The van der Waals surface area contributed by atoms with Crippen molar-refractivity contribution in [2.75, 3.05) is 0 Å². The first-order valence-electron chi connectivity index (χ1n) is 4.50. The van der Waals surface area contributed by atoms with Gasteiger partial charge in [-0.15, -0.1) is 0 Å². The number of hydrogen-bond donors (Lipinski definition) is 2. The van der Waals surface area contributed by atoms with Crippen LogP contribution in [0.2, 0.25) is 0 Å². The molecule has 0 saturated carbocycles. The summed E-state index contributed by atoms with van der Waals surface area (Å²) in [5, 5.41) is 8.76. The highest BCUT2D eigenvalue weighted by Crippen LogP contribution is 2.32. The molecule has 0 unspecified atom stereocenters. The van der Waals surface area contributed by atoms with Gasteiger partial charge in [0.05, 0.1) is 0 Å². The number of carboxylic acid groups (broad SMARTS) is 1. The van der Waals surface area contributed by atoms with Crippen LogP contribution in [0.5, 0.6) is 0 Å². The van der Waals surface area contributed by atoms with Gasteiger partial charge in [0.25, 0.3) is 0 Å². The number of nitrogens with one attached hydrogen (secondary N) is 1. The number of hydrogen-bond acceptors (Lipinski definition) is 1. The van der Waals surface area contributed by atoms with Gasteiger partial charge in [0.1, 0.15) is 0 Å². The molecule has 0 fully saturated rings. The van der Waals surface area contributed by atoms with E-state index >= 15 is 0 Å². The van der Waals surface area contributed by atoms with Crippen molar-refractivity contribution >= 4 is 11.5 Å². The largest absolute Gasteiger partial charge is 0.478 e. The van der Waals surface area contributed by atoms with Crippen LogP contribution in [0.15, 0.2) is 24.4 Å². The molecule has 0 aromatic carbocycles. The molecule has 0 aliphatic carbocycles. The lowest BCUT2D eigenvalue weighted by Gasteiger charge is -2.21. The smallest absolute Gasteiger partial charge is 0.328 e. The highest BCUT2D eigenvalue weighted by Gasteiger charge is 2.20. The van der Waals surface area contributed by atoms with Gasteiger partial charge in [-0.05, 0) is 23.1 Å². The first-order chi connectivity index (χ1) is 6.41. The monoisotopic (exact) mass is 193 g/mol. The third-order valence-electron chi connectivity index (χ3n) is 1.96. The predicted molar refractivity (Wildman–Crippen MR) is 55.9 cm³/mol. The Morgan fingerprint density at radius 1 is 1.50 bits per heavy atom. The maximum atomic E-state index is 10.7. The summed E-state index contributed by atoms with van der Waals surface area (Å²) in [7, 11) is 0. The number of carboxylic acids is 1. The van der Waals surface area contributed by atoms with Gasteiger partial charge in [-0.3, -0.25) is 0 Å². The topological polar surface area (TPSA) is 53.1 Å². The van der Waals surface area contributed by atoms with Crippen LogP contribution in [0, 0.1) is 5.41 Å². The molecule has 0 aliphatic heterocycles. The highest BCUT2D eigenvalue weighted by atomic mass is 16.4. The summed E-state index contributed by atoms with van der Waals surface area (Å²) in [6, 6.07) is 3.73. The molecule has 0 spiro atoms. The zero-order valence-electron chi connectivity index (χ0n) is 8.66. The maximum Gasteiger partial charge on any atom is 0.328 e. The second-order valence-electron chi connectivity index (χ2n) is 4.23. The summed E-state index contributed by atoms with van der Waals surface area (Å²) < 4.78 is 0. The molecule has 1 aromatic heterocycles. The third kappa shape index (κ3) is 2.49. The van der Waals surface area contributed by atoms with E-state index in [1.807, 2.05) is 32.9 Å². The van der Waals surface area contributed by atoms with Crippen molar-refractivity contribution < 1.29 is 9.90 Å². The van der Waals surface area contributed by atoms with Gasteiger partial charge < -0.3 is 10.1 Å². The van der Waals surface area contributed by atoms with Crippen LogP contribution >= 0.6 is 0 Å². The second kappa shape index (κ2) is 3.70. The molecule has 0 radical (unpaired) electrons. The summed E-state index contributed by atoms with van der Waals surface area (Å²) in [6.07, 6.45) is 3.04. The molecule has 1 rings (SSSR count). The van der Waals surface area contributed by atoms with E-state index in [0.29, 0.717) is 0 Å². The number of aromatic amines is 1. The Bertz CT molecular complexity index is 342. The Morgan fingerprint density at radius 2 is 2.14 bits per heavy atom. The molecular formula is C11H15NO2. The molecule has 1 heterocycles. The minimum Gasteiger partial charge on any atom is -0.478 e. The summed E-state index contributed by atoms with van der Waals surface area (Å²) in [5.41, 5.74) is 1.48. The first kappa shape index (κ1) is 10.6. The number of rotatable bonds is 2. The maximum absolute atomic E-state index is 10.7. The van der Waals surface area contributed by atoms with Crippen molar-refractivity contribution in [3.8, 4) is 0 Å². The molecule has 0 saturated heterocycles. The van der Waals surface area contributed by atoms with Crippen LogP contribution in [-0.2, 0) is 4.79 Å². The molecule has 3 heteroatoms. The Hall–Kier alpha value is -1.51. The van der Waals surface area contributed by atoms with E-state index in [9.17, 15) is 4.79 Å². The van der Waals surface area contributed by atoms with E-state index in [-0.39, 0.29) is 5.41 Å². The number of aromatic nitrogens is 1. The van der Waals surface area contributed by atoms with Gasteiger partial charge in [0, 0.05) is 18.0 Å². The molecule has 76 valence electrons. The predicted octanol–water partition coefficient (Wildman–Crippen LogP) is 2.53. The molecule has 14 heavy (non-hydrogen) atoms. The fourth-order valence-corrected chi connectivity index (χ4v) is 1.32. The van der Waals surface area contributed by atoms with Crippen molar-refractivity contribution in [3.63, 3.8) is 0 Å². The van der Waals surface area contributed by atoms with Gasteiger partial charge >= 0.3 is 5.97 Å². The summed E-state index contributed by atoms with van der Waals surface area (Å²) in [6.45, 7) is 5.97. The van der Waals surface area contributed by atoms with Crippen molar-refractivity contribution in [1.29, 1.82) is 0 Å². The van der Waals surface area contributed by atoms with E-state index in [1.54, 1.807) is 6.20 Å². The fourth-order valence-electron chi connectivity index (χ4n) is 1.32. The van der Waals surface area contributed by atoms with E-state index in [0.717, 1.165) is 11.3 Å². The molecular weight excluding hydrogens is 178 g/mol. The van der Waals surface area contributed by atoms with Crippen molar-refractivity contribution in [2.45, 2.75) is 20.8 Å². The van der Waals surface area contributed by atoms with Crippen LogP contribution in [-0.4, -0.2) is 16.1 Å². The zero-order chi connectivity index (χ0) is 10.8. The normalized spacial score (nSPS) is 12.9. The second-order valence-corrected chi connectivity index (χ2v) is 4.23. The van der Waals surface area contributed by atoms with Gasteiger partial charge in [0.2, 0.25) is 0 Å². The van der Waals surface area contributed by atoms with E-state index in [4.69, 9.17) is 5.11 Å². The van der Waals surface area contributed by atoms with Crippen LogP contribution in [0.3, 0.4) is 0 Å².